The Morgan fingerprint density at radius 2 is 2.06 bits per heavy atom. The molecule has 3 N–H and O–H groups in total. The summed E-state index contributed by atoms with van der Waals surface area (Å²) in [6.07, 6.45) is 5.81. The van der Waals surface area contributed by atoms with Gasteiger partial charge in [0.15, 0.2) is 0 Å². The zero-order valence-corrected chi connectivity index (χ0v) is 10.3. The zero-order valence-electron chi connectivity index (χ0n) is 10.3. The number of aryl methyl sites for hydroxylation is 1. The summed E-state index contributed by atoms with van der Waals surface area (Å²) < 4.78 is 0. The van der Waals surface area contributed by atoms with E-state index in [1.807, 2.05) is 0 Å². The minimum absolute atomic E-state index is 0.388. The lowest BCUT2D eigenvalue weighted by Gasteiger charge is -2.26. The molecule has 1 aliphatic rings. The highest BCUT2D eigenvalue weighted by Crippen LogP contribution is 2.26. The van der Waals surface area contributed by atoms with Gasteiger partial charge in [0.25, 0.3) is 0 Å². The first-order chi connectivity index (χ1) is 8.00. The van der Waals surface area contributed by atoms with Crippen molar-refractivity contribution in [1.29, 1.82) is 0 Å². The highest BCUT2D eigenvalue weighted by atomic mass is 16.1. The topological polar surface area (TPSA) is 80.9 Å². The zero-order chi connectivity index (χ0) is 12.5. The van der Waals surface area contributed by atoms with Crippen LogP contribution in [0, 0.1) is 0 Å². The number of fused-ring (bicyclic) bond motifs is 1. The van der Waals surface area contributed by atoms with Crippen LogP contribution in [-0.4, -0.2) is 21.4 Å². The maximum atomic E-state index is 11.3. The van der Waals surface area contributed by atoms with E-state index in [9.17, 15) is 4.79 Å². The summed E-state index contributed by atoms with van der Waals surface area (Å²) in [6.45, 7) is 3.51. The number of nitrogens with one attached hydrogen (secondary N) is 1. The second kappa shape index (κ2) is 4.31. The summed E-state index contributed by atoms with van der Waals surface area (Å²) in [6, 6.07) is 0. The van der Waals surface area contributed by atoms with Gasteiger partial charge in [0.05, 0.1) is 0 Å². The molecule has 0 saturated heterocycles. The van der Waals surface area contributed by atoms with E-state index in [1.165, 1.54) is 6.42 Å². The molecule has 1 aromatic heterocycles. The number of rotatable bonds is 3. The molecule has 0 bridgehead atoms. The number of nitrogens with zero attached hydrogens (tertiary/aromatic N) is 2. The van der Waals surface area contributed by atoms with Gasteiger partial charge < -0.3 is 11.1 Å². The molecule has 1 aliphatic carbocycles. The minimum Gasteiger partial charge on any atom is -0.368 e. The van der Waals surface area contributed by atoms with E-state index in [0.29, 0.717) is 0 Å². The molecule has 0 unspecified atom stereocenters. The SMILES string of the molecule is CC(C)(Nc1ncnc2c1CCCC2)C(N)=O. The molecule has 0 saturated carbocycles. The number of amides is 1. The van der Waals surface area contributed by atoms with Crippen molar-refractivity contribution in [3.05, 3.63) is 17.6 Å². The summed E-state index contributed by atoms with van der Waals surface area (Å²) in [5.74, 6) is 0.360. The monoisotopic (exact) mass is 234 g/mol. The first kappa shape index (κ1) is 11.8. The van der Waals surface area contributed by atoms with Crippen LogP contribution in [0.1, 0.15) is 37.9 Å². The van der Waals surface area contributed by atoms with Gasteiger partial charge in [-0.3, -0.25) is 4.79 Å². The molecule has 0 spiro atoms. The van der Waals surface area contributed by atoms with Crippen molar-refractivity contribution in [3.63, 3.8) is 0 Å². The molecule has 5 heteroatoms. The predicted molar refractivity (Wildman–Crippen MR) is 65.6 cm³/mol. The summed E-state index contributed by atoms with van der Waals surface area (Å²) in [4.78, 5) is 19.8. The lowest BCUT2D eigenvalue weighted by atomic mass is 9.95. The molecule has 92 valence electrons. The van der Waals surface area contributed by atoms with Crippen LogP contribution in [0.25, 0.3) is 0 Å². The van der Waals surface area contributed by atoms with Crippen LogP contribution in [0.3, 0.4) is 0 Å². The van der Waals surface area contributed by atoms with Crippen molar-refractivity contribution in [1.82, 2.24) is 9.97 Å². The Kier molecular flexibility index (Phi) is 3.00. The predicted octanol–water partition coefficient (Wildman–Crippen LogP) is 1.03. The first-order valence-corrected chi connectivity index (χ1v) is 5.91. The molecule has 17 heavy (non-hydrogen) atoms. The largest absolute Gasteiger partial charge is 0.368 e. The van der Waals surface area contributed by atoms with Gasteiger partial charge in [0, 0.05) is 11.3 Å². The van der Waals surface area contributed by atoms with Gasteiger partial charge in [-0.25, -0.2) is 9.97 Å². The quantitative estimate of drug-likeness (QED) is 0.818. The summed E-state index contributed by atoms with van der Waals surface area (Å²) in [7, 11) is 0. The van der Waals surface area contributed by atoms with Gasteiger partial charge in [0.1, 0.15) is 17.7 Å². The van der Waals surface area contributed by atoms with Crippen LogP contribution >= 0.6 is 0 Å². The summed E-state index contributed by atoms with van der Waals surface area (Å²) in [5, 5.41) is 3.12. The van der Waals surface area contributed by atoms with Crippen LogP contribution < -0.4 is 11.1 Å². The number of nitrogens with two attached hydrogens (primary N) is 1. The third-order valence-corrected chi connectivity index (χ3v) is 3.17. The van der Waals surface area contributed by atoms with Gasteiger partial charge in [-0.1, -0.05) is 0 Å². The van der Waals surface area contributed by atoms with E-state index in [2.05, 4.69) is 15.3 Å². The summed E-state index contributed by atoms with van der Waals surface area (Å²) in [5.41, 5.74) is 6.78. The van der Waals surface area contributed by atoms with Crippen LogP contribution in [0.2, 0.25) is 0 Å². The van der Waals surface area contributed by atoms with E-state index in [0.717, 1.165) is 36.3 Å². The molecule has 1 amide bonds. The Bertz CT molecular complexity index is 442. The second-order valence-electron chi connectivity index (χ2n) is 4.97. The maximum Gasteiger partial charge on any atom is 0.242 e. The van der Waals surface area contributed by atoms with Crippen molar-refractivity contribution in [3.8, 4) is 0 Å². The lowest BCUT2D eigenvalue weighted by Crippen LogP contribution is -2.45. The normalized spacial score (nSPS) is 15.2. The Hall–Kier alpha value is -1.65. The van der Waals surface area contributed by atoms with Gasteiger partial charge in [0.2, 0.25) is 5.91 Å². The summed E-state index contributed by atoms with van der Waals surface area (Å²) >= 11 is 0. The van der Waals surface area contributed by atoms with Crippen LogP contribution in [0.5, 0.6) is 0 Å². The van der Waals surface area contributed by atoms with Crippen LogP contribution in [0.15, 0.2) is 6.33 Å². The number of anilines is 1. The molecule has 0 fully saturated rings. The standard InChI is InChI=1S/C12H18N4O/c1-12(2,11(13)17)16-10-8-5-3-4-6-9(8)14-7-15-10/h7H,3-6H2,1-2H3,(H2,13,17)(H,14,15,16). The smallest absolute Gasteiger partial charge is 0.242 e. The highest BCUT2D eigenvalue weighted by molar-refractivity contribution is 5.86. The van der Waals surface area contributed by atoms with Crippen molar-refractivity contribution < 1.29 is 4.79 Å². The number of aromatic nitrogens is 2. The average molecular weight is 234 g/mol. The van der Waals surface area contributed by atoms with Crippen LogP contribution in [0.4, 0.5) is 5.82 Å². The van der Waals surface area contributed by atoms with Gasteiger partial charge in [-0.05, 0) is 39.5 Å². The van der Waals surface area contributed by atoms with Crippen molar-refractivity contribution in [2.45, 2.75) is 45.1 Å². The molecule has 1 heterocycles. The maximum absolute atomic E-state index is 11.3. The average Bonchev–Trinajstić information content (AvgIpc) is 2.29. The third-order valence-electron chi connectivity index (χ3n) is 3.17. The fraction of sp³-hybridized carbons (Fsp3) is 0.583. The van der Waals surface area contributed by atoms with E-state index in [-0.39, 0.29) is 5.91 Å². The Balaban J connectivity index is 2.30. The fourth-order valence-electron chi connectivity index (χ4n) is 1.99. The lowest BCUT2D eigenvalue weighted by molar-refractivity contribution is -0.121. The van der Waals surface area contributed by atoms with E-state index < -0.39 is 5.54 Å². The Morgan fingerprint density at radius 3 is 2.76 bits per heavy atom. The van der Waals surface area contributed by atoms with E-state index in [1.54, 1.807) is 20.2 Å². The molecule has 0 aliphatic heterocycles. The fourth-order valence-corrected chi connectivity index (χ4v) is 1.99. The molecule has 2 rings (SSSR count). The van der Waals surface area contributed by atoms with Crippen molar-refractivity contribution in [2.75, 3.05) is 5.32 Å². The number of carbonyl (C=O) groups excluding carboxylic acids is 1. The molecule has 0 radical (unpaired) electrons. The number of hydrogen-bond donors (Lipinski definition) is 2. The molecule has 0 aromatic carbocycles. The highest BCUT2D eigenvalue weighted by Gasteiger charge is 2.27. The molecule has 1 aromatic rings. The van der Waals surface area contributed by atoms with Gasteiger partial charge in [-0.15, -0.1) is 0 Å². The first-order valence-electron chi connectivity index (χ1n) is 5.91. The van der Waals surface area contributed by atoms with E-state index in [4.69, 9.17) is 5.73 Å². The number of hydrogen-bond acceptors (Lipinski definition) is 4. The van der Waals surface area contributed by atoms with Crippen molar-refractivity contribution >= 4 is 11.7 Å². The second-order valence-corrected chi connectivity index (χ2v) is 4.97. The van der Waals surface area contributed by atoms with E-state index >= 15 is 0 Å². The Labute approximate surface area is 101 Å². The number of carbonyl (C=O) groups is 1. The number of primary amides is 1. The van der Waals surface area contributed by atoms with Crippen LogP contribution in [-0.2, 0) is 17.6 Å². The van der Waals surface area contributed by atoms with Gasteiger partial charge >= 0.3 is 0 Å². The molecular formula is C12H18N4O. The molecule has 0 atom stereocenters. The Morgan fingerprint density at radius 1 is 1.35 bits per heavy atom. The third kappa shape index (κ3) is 2.38. The minimum atomic E-state index is -0.792. The van der Waals surface area contributed by atoms with Gasteiger partial charge in [-0.2, -0.15) is 0 Å². The van der Waals surface area contributed by atoms with Crippen molar-refractivity contribution in [2.24, 2.45) is 5.73 Å². The molecule has 5 nitrogen and oxygen atoms in total. The molecular weight excluding hydrogens is 216 g/mol.